The summed E-state index contributed by atoms with van der Waals surface area (Å²) >= 11 is 0. The smallest absolute Gasteiger partial charge is 0.244 e. The number of nitrogens with two attached hydrogens (primary N) is 1. The van der Waals surface area contributed by atoms with Crippen LogP contribution in [-0.2, 0) is 0 Å². The van der Waals surface area contributed by atoms with E-state index in [-0.39, 0.29) is 11.5 Å². The van der Waals surface area contributed by atoms with Crippen LogP contribution in [0.3, 0.4) is 0 Å². The molecule has 3 atom stereocenters. The van der Waals surface area contributed by atoms with E-state index < -0.39 is 0 Å². The standard InChI is InChI=1S/C14H25N3O/c1-9-6-5-7-10(8-9)12-16-13(18-17-12)11(15)14(2,3)4/h9-11H,5-8,15H2,1-4H3/t9?,10?,11-/m0/s1. The molecule has 2 N–H and O–H groups in total. The van der Waals surface area contributed by atoms with Crippen molar-refractivity contribution in [2.24, 2.45) is 17.1 Å². The van der Waals surface area contributed by atoms with Gasteiger partial charge in [-0.1, -0.05) is 45.7 Å². The first-order valence-corrected chi connectivity index (χ1v) is 6.97. The topological polar surface area (TPSA) is 64.9 Å². The van der Waals surface area contributed by atoms with Crippen molar-refractivity contribution >= 4 is 0 Å². The first-order valence-electron chi connectivity index (χ1n) is 6.97. The van der Waals surface area contributed by atoms with Gasteiger partial charge in [0.1, 0.15) is 0 Å². The van der Waals surface area contributed by atoms with Crippen molar-refractivity contribution in [3.8, 4) is 0 Å². The molecule has 1 saturated carbocycles. The highest BCUT2D eigenvalue weighted by Gasteiger charge is 2.30. The maximum absolute atomic E-state index is 6.15. The third-order valence-corrected chi connectivity index (χ3v) is 3.96. The minimum absolute atomic E-state index is 0.0519. The fraction of sp³-hybridized carbons (Fsp3) is 0.857. The van der Waals surface area contributed by atoms with Crippen molar-refractivity contribution in [1.82, 2.24) is 10.1 Å². The Kier molecular flexibility index (Phi) is 3.76. The van der Waals surface area contributed by atoms with Gasteiger partial charge in [-0.05, 0) is 24.2 Å². The van der Waals surface area contributed by atoms with Crippen LogP contribution in [0.15, 0.2) is 4.52 Å². The molecule has 0 radical (unpaired) electrons. The molecule has 1 aliphatic rings. The summed E-state index contributed by atoms with van der Waals surface area (Å²) in [5.41, 5.74) is 6.09. The normalized spacial score (nSPS) is 27.2. The summed E-state index contributed by atoms with van der Waals surface area (Å²) in [4.78, 5) is 4.53. The van der Waals surface area contributed by atoms with E-state index in [0.29, 0.717) is 11.8 Å². The lowest BCUT2D eigenvalue weighted by molar-refractivity contribution is 0.251. The summed E-state index contributed by atoms with van der Waals surface area (Å²) in [5.74, 6) is 2.66. The molecule has 4 nitrogen and oxygen atoms in total. The average Bonchev–Trinajstić information content (AvgIpc) is 2.75. The molecule has 0 aromatic carbocycles. The van der Waals surface area contributed by atoms with Crippen LogP contribution in [0.4, 0.5) is 0 Å². The third kappa shape index (κ3) is 2.91. The maximum Gasteiger partial charge on any atom is 0.244 e. The molecule has 1 heterocycles. The molecule has 0 spiro atoms. The molecule has 4 heteroatoms. The Morgan fingerprint density at radius 3 is 2.67 bits per heavy atom. The molecule has 0 aliphatic heterocycles. The fourth-order valence-electron chi connectivity index (χ4n) is 2.58. The van der Waals surface area contributed by atoms with Crippen LogP contribution in [0.25, 0.3) is 0 Å². The highest BCUT2D eigenvalue weighted by Crippen LogP contribution is 2.36. The molecule has 2 rings (SSSR count). The van der Waals surface area contributed by atoms with Crippen molar-refractivity contribution in [1.29, 1.82) is 0 Å². The van der Waals surface area contributed by atoms with Crippen LogP contribution in [0.2, 0.25) is 0 Å². The van der Waals surface area contributed by atoms with Crippen LogP contribution >= 0.6 is 0 Å². The lowest BCUT2D eigenvalue weighted by Crippen LogP contribution is -2.26. The van der Waals surface area contributed by atoms with E-state index in [4.69, 9.17) is 10.3 Å². The summed E-state index contributed by atoms with van der Waals surface area (Å²) in [7, 11) is 0. The zero-order valence-corrected chi connectivity index (χ0v) is 11.9. The third-order valence-electron chi connectivity index (χ3n) is 3.96. The second-order valence-electron chi connectivity index (χ2n) is 6.80. The molecule has 1 aromatic heterocycles. The van der Waals surface area contributed by atoms with Gasteiger partial charge in [-0.2, -0.15) is 4.98 Å². The van der Waals surface area contributed by atoms with Crippen molar-refractivity contribution in [3.63, 3.8) is 0 Å². The SMILES string of the molecule is CC1CCCC(c2noc([C@H](N)C(C)(C)C)n2)C1. The van der Waals surface area contributed by atoms with Crippen LogP contribution in [-0.4, -0.2) is 10.1 Å². The molecule has 0 amide bonds. The van der Waals surface area contributed by atoms with Gasteiger partial charge in [-0.25, -0.2) is 0 Å². The molecule has 102 valence electrons. The van der Waals surface area contributed by atoms with E-state index in [2.05, 4.69) is 37.8 Å². The van der Waals surface area contributed by atoms with Gasteiger partial charge >= 0.3 is 0 Å². The van der Waals surface area contributed by atoms with Gasteiger partial charge < -0.3 is 10.3 Å². The van der Waals surface area contributed by atoms with E-state index in [9.17, 15) is 0 Å². The Bertz CT molecular complexity index is 394. The van der Waals surface area contributed by atoms with Crippen molar-refractivity contribution in [3.05, 3.63) is 11.7 Å². The van der Waals surface area contributed by atoms with Crippen molar-refractivity contribution in [2.45, 2.75) is 65.3 Å². The number of hydrogen-bond acceptors (Lipinski definition) is 4. The highest BCUT2D eigenvalue weighted by molar-refractivity contribution is 5.02. The van der Waals surface area contributed by atoms with Crippen LogP contribution in [0, 0.1) is 11.3 Å². The number of nitrogens with zero attached hydrogens (tertiary/aromatic N) is 2. The Labute approximate surface area is 109 Å². The molecule has 0 bridgehead atoms. The van der Waals surface area contributed by atoms with E-state index in [0.717, 1.165) is 11.7 Å². The van der Waals surface area contributed by atoms with E-state index in [1.54, 1.807) is 0 Å². The van der Waals surface area contributed by atoms with Gasteiger partial charge in [0.2, 0.25) is 5.89 Å². The van der Waals surface area contributed by atoms with E-state index in [1.807, 2.05) is 0 Å². The number of rotatable bonds is 2. The van der Waals surface area contributed by atoms with Crippen LogP contribution in [0.5, 0.6) is 0 Å². The van der Waals surface area contributed by atoms with Gasteiger partial charge in [0.05, 0.1) is 6.04 Å². The van der Waals surface area contributed by atoms with Crippen LogP contribution < -0.4 is 5.73 Å². The van der Waals surface area contributed by atoms with Gasteiger partial charge in [0.25, 0.3) is 0 Å². The quantitative estimate of drug-likeness (QED) is 0.874. The summed E-state index contributed by atoms with van der Waals surface area (Å²) in [6.45, 7) is 8.56. The summed E-state index contributed by atoms with van der Waals surface area (Å²) < 4.78 is 5.36. The minimum atomic E-state index is -0.195. The molecular formula is C14H25N3O. The predicted octanol–water partition coefficient (Wildman–Crippen LogP) is 3.41. The Morgan fingerprint density at radius 2 is 2.06 bits per heavy atom. The zero-order valence-electron chi connectivity index (χ0n) is 11.9. The lowest BCUT2D eigenvalue weighted by atomic mass is 9.82. The predicted molar refractivity (Wildman–Crippen MR) is 71.1 cm³/mol. The first kappa shape index (κ1) is 13.5. The molecule has 1 aromatic rings. The van der Waals surface area contributed by atoms with Gasteiger partial charge in [0, 0.05) is 5.92 Å². The number of hydrogen-bond donors (Lipinski definition) is 1. The summed E-state index contributed by atoms with van der Waals surface area (Å²) in [6, 6.07) is -0.195. The van der Waals surface area contributed by atoms with Crippen molar-refractivity contribution < 1.29 is 4.52 Å². The molecule has 1 fully saturated rings. The Balaban J connectivity index is 2.10. The lowest BCUT2D eigenvalue weighted by Gasteiger charge is -2.24. The van der Waals surface area contributed by atoms with Gasteiger partial charge in [-0.3, -0.25) is 0 Å². The van der Waals surface area contributed by atoms with Gasteiger partial charge in [0.15, 0.2) is 5.82 Å². The van der Waals surface area contributed by atoms with E-state index >= 15 is 0 Å². The minimum Gasteiger partial charge on any atom is -0.338 e. The second kappa shape index (κ2) is 5.00. The van der Waals surface area contributed by atoms with Crippen LogP contribution in [0.1, 0.15) is 77.1 Å². The molecule has 0 saturated heterocycles. The van der Waals surface area contributed by atoms with Gasteiger partial charge in [-0.15, -0.1) is 0 Å². The fourth-order valence-corrected chi connectivity index (χ4v) is 2.58. The largest absolute Gasteiger partial charge is 0.338 e. The molecule has 1 aliphatic carbocycles. The van der Waals surface area contributed by atoms with E-state index in [1.165, 1.54) is 25.7 Å². The first-order chi connectivity index (χ1) is 8.38. The second-order valence-corrected chi connectivity index (χ2v) is 6.80. The summed E-state index contributed by atoms with van der Waals surface area (Å²) in [5, 5.41) is 4.14. The summed E-state index contributed by atoms with van der Waals surface area (Å²) in [6.07, 6.45) is 4.93. The zero-order chi connectivity index (χ0) is 13.3. The molecule has 18 heavy (non-hydrogen) atoms. The molecular weight excluding hydrogens is 226 g/mol. The maximum atomic E-state index is 6.15. The average molecular weight is 251 g/mol. The Hall–Kier alpha value is -0.900. The molecule has 2 unspecified atom stereocenters. The monoisotopic (exact) mass is 251 g/mol. The highest BCUT2D eigenvalue weighted by atomic mass is 16.5. The van der Waals surface area contributed by atoms with Crippen molar-refractivity contribution in [2.75, 3.05) is 0 Å². The number of aromatic nitrogens is 2. The Morgan fingerprint density at radius 1 is 1.33 bits per heavy atom.